The number of hydrogen-bond acceptors (Lipinski definition) is 3. The molecule has 1 aromatic heterocycles. The molecule has 1 N–H and O–H groups in total. The number of nitrogens with one attached hydrogen (secondary N) is 1. The summed E-state index contributed by atoms with van der Waals surface area (Å²) in [4.78, 5) is 6.14. The highest BCUT2D eigenvalue weighted by Crippen LogP contribution is 2.33. The van der Waals surface area contributed by atoms with Crippen molar-refractivity contribution < 1.29 is 0 Å². The van der Waals surface area contributed by atoms with E-state index in [-0.39, 0.29) is 0 Å². The number of aromatic nitrogens is 1. The van der Waals surface area contributed by atoms with E-state index in [0.29, 0.717) is 0 Å². The predicted octanol–water partition coefficient (Wildman–Crippen LogP) is 3.22. The van der Waals surface area contributed by atoms with Crippen LogP contribution in [0.5, 0.6) is 0 Å². The summed E-state index contributed by atoms with van der Waals surface area (Å²) < 4.78 is 1.12. The van der Waals surface area contributed by atoms with Crippen molar-refractivity contribution in [2.75, 3.05) is 6.54 Å². The summed E-state index contributed by atoms with van der Waals surface area (Å²) in [6, 6.07) is 8.26. The largest absolute Gasteiger partial charge is 0.311 e. The van der Waals surface area contributed by atoms with Crippen LogP contribution < -0.4 is 5.32 Å². The van der Waals surface area contributed by atoms with Crippen molar-refractivity contribution in [3.8, 4) is 10.6 Å². The molecule has 0 bridgehead atoms. The van der Waals surface area contributed by atoms with Crippen molar-refractivity contribution in [2.45, 2.75) is 13.0 Å². The lowest BCUT2D eigenvalue weighted by Crippen LogP contribution is -2.22. The highest BCUT2D eigenvalue weighted by molar-refractivity contribution is 9.10. The molecule has 1 aliphatic rings. The average Bonchev–Trinajstić information content (AvgIpc) is 2.73. The third-order valence-corrected chi connectivity index (χ3v) is 4.59. The number of hydrogen-bond donors (Lipinski definition) is 1. The maximum absolute atomic E-state index is 4.71. The molecule has 0 fully saturated rings. The van der Waals surface area contributed by atoms with E-state index >= 15 is 0 Å². The normalized spacial score (nSPS) is 14.8. The Bertz CT molecular complexity index is 498. The van der Waals surface area contributed by atoms with Crippen LogP contribution in [0.2, 0.25) is 0 Å². The van der Waals surface area contributed by atoms with Gasteiger partial charge in [0.1, 0.15) is 5.01 Å². The van der Waals surface area contributed by atoms with Crippen LogP contribution in [0.3, 0.4) is 0 Å². The van der Waals surface area contributed by atoms with Crippen LogP contribution in [0.25, 0.3) is 10.6 Å². The van der Waals surface area contributed by atoms with E-state index < -0.39 is 0 Å². The van der Waals surface area contributed by atoms with Gasteiger partial charge in [-0.05, 0) is 12.5 Å². The first-order valence-electron chi connectivity index (χ1n) is 5.29. The van der Waals surface area contributed by atoms with Crippen LogP contribution in [0, 0.1) is 0 Å². The minimum atomic E-state index is 0.913. The Hall–Kier alpha value is -0.710. The van der Waals surface area contributed by atoms with Gasteiger partial charge in [-0.25, -0.2) is 4.98 Å². The lowest BCUT2D eigenvalue weighted by Gasteiger charge is -2.09. The quantitative estimate of drug-likeness (QED) is 0.874. The molecule has 3 rings (SSSR count). The molecule has 0 spiro atoms. The fourth-order valence-electron chi connectivity index (χ4n) is 1.88. The van der Waals surface area contributed by atoms with Gasteiger partial charge in [0.2, 0.25) is 0 Å². The molecule has 0 saturated heterocycles. The Balaban J connectivity index is 2.07. The third kappa shape index (κ3) is 1.81. The molecule has 1 aliphatic heterocycles. The van der Waals surface area contributed by atoms with Gasteiger partial charge in [0.15, 0.2) is 0 Å². The predicted molar refractivity (Wildman–Crippen MR) is 70.7 cm³/mol. The van der Waals surface area contributed by atoms with Gasteiger partial charge < -0.3 is 5.32 Å². The van der Waals surface area contributed by atoms with E-state index in [1.807, 2.05) is 17.4 Å². The first-order valence-corrected chi connectivity index (χ1v) is 6.90. The Kier molecular flexibility index (Phi) is 2.79. The van der Waals surface area contributed by atoms with Gasteiger partial charge in [0, 0.05) is 28.0 Å². The Labute approximate surface area is 107 Å². The van der Waals surface area contributed by atoms with E-state index in [0.717, 1.165) is 29.0 Å². The zero-order valence-electron chi connectivity index (χ0n) is 8.66. The van der Waals surface area contributed by atoms with Crippen molar-refractivity contribution in [3.05, 3.63) is 39.3 Å². The van der Waals surface area contributed by atoms with Crippen molar-refractivity contribution >= 4 is 27.3 Å². The molecule has 82 valence electrons. The van der Waals surface area contributed by atoms with Crippen LogP contribution in [-0.2, 0) is 13.0 Å². The van der Waals surface area contributed by atoms with Gasteiger partial charge in [0.05, 0.1) is 5.69 Å². The molecule has 2 heterocycles. The van der Waals surface area contributed by atoms with E-state index in [2.05, 4.69) is 39.4 Å². The fraction of sp³-hybridized carbons (Fsp3) is 0.250. The number of benzene rings is 1. The number of fused-ring (bicyclic) bond motifs is 1. The van der Waals surface area contributed by atoms with Crippen LogP contribution in [-0.4, -0.2) is 11.5 Å². The van der Waals surface area contributed by atoms with Gasteiger partial charge in [0.25, 0.3) is 0 Å². The van der Waals surface area contributed by atoms with E-state index in [1.165, 1.54) is 16.1 Å². The van der Waals surface area contributed by atoms with Gasteiger partial charge in [-0.15, -0.1) is 11.3 Å². The fourth-order valence-corrected chi connectivity index (χ4v) is 3.60. The first kappa shape index (κ1) is 10.4. The van der Waals surface area contributed by atoms with Crippen LogP contribution >= 0.6 is 27.3 Å². The molecule has 2 aromatic rings. The Morgan fingerprint density at radius 1 is 1.31 bits per heavy atom. The summed E-state index contributed by atoms with van der Waals surface area (Å²) >= 11 is 5.40. The SMILES string of the molecule is Brc1ccccc1-c1nc2c(s1)CCNC2. The van der Waals surface area contributed by atoms with Crippen LogP contribution in [0.1, 0.15) is 10.6 Å². The molecule has 0 aliphatic carbocycles. The first-order chi connectivity index (χ1) is 7.84. The van der Waals surface area contributed by atoms with Gasteiger partial charge >= 0.3 is 0 Å². The van der Waals surface area contributed by atoms with Crippen molar-refractivity contribution in [1.29, 1.82) is 0 Å². The second-order valence-corrected chi connectivity index (χ2v) is 5.73. The Morgan fingerprint density at radius 3 is 3.00 bits per heavy atom. The number of nitrogens with zero attached hydrogens (tertiary/aromatic N) is 1. The second-order valence-electron chi connectivity index (χ2n) is 3.80. The Morgan fingerprint density at radius 2 is 2.19 bits per heavy atom. The van der Waals surface area contributed by atoms with E-state index in [4.69, 9.17) is 4.98 Å². The van der Waals surface area contributed by atoms with Crippen LogP contribution in [0.4, 0.5) is 0 Å². The summed E-state index contributed by atoms with van der Waals surface area (Å²) in [7, 11) is 0. The molecule has 0 saturated carbocycles. The molecule has 0 unspecified atom stereocenters. The van der Waals surface area contributed by atoms with Crippen molar-refractivity contribution in [1.82, 2.24) is 10.3 Å². The smallest absolute Gasteiger partial charge is 0.125 e. The summed E-state index contributed by atoms with van der Waals surface area (Å²) in [6.07, 6.45) is 1.11. The molecule has 4 heteroatoms. The summed E-state index contributed by atoms with van der Waals surface area (Å²) in [5.41, 5.74) is 2.42. The second kappa shape index (κ2) is 4.28. The van der Waals surface area contributed by atoms with Crippen molar-refractivity contribution in [3.63, 3.8) is 0 Å². The molecule has 0 radical (unpaired) electrons. The average molecular weight is 295 g/mol. The molecular formula is C12H11BrN2S. The standard InChI is InChI=1S/C12H11BrN2S/c13-9-4-2-1-3-8(9)12-15-10-7-14-6-5-11(10)16-12/h1-4,14H,5-7H2. The van der Waals surface area contributed by atoms with E-state index in [9.17, 15) is 0 Å². The van der Waals surface area contributed by atoms with Gasteiger partial charge in [-0.3, -0.25) is 0 Å². The topological polar surface area (TPSA) is 24.9 Å². The number of rotatable bonds is 1. The number of thiazole rings is 1. The maximum Gasteiger partial charge on any atom is 0.125 e. The summed E-state index contributed by atoms with van der Waals surface area (Å²) in [5, 5.41) is 4.48. The molecular weight excluding hydrogens is 284 g/mol. The highest BCUT2D eigenvalue weighted by atomic mass is 79.9. The van der Waals surface area contributed by atoms with Crippen molar-refractivity contribution in [2.24, 2.45) is 0 Å². The van der Waals surface area contributed by atoms with Crippen LogP contribution in [0.15, 0.2) is 28.7 Å². The maximum atomic E-state index is 4.71. The third-order valence-electron chi connectivity index (χ3n) is 2.70. The summed E-state index contributed by atoms with van der Waals surface area (Å²) in [5.74, 6) is 0. The molecule has 0 amide bonds. The lowest BCUT2D eigenvalue weighted by molar-refractivity contribution is 0.639. The molecule has 2 nitrogen and oxygen atoms in total. The van der Waals surface area contributed by atoms with E-state index in [1.54, 1.807) is 0 Å². The van der Waals surface area contributed by atoms with Gasteiger partial charge in [-0.1, -0.05) is 34.1 Å². The minimum Gasteiger partial charge on any atom is -0.311 e. The van der Waals surface area contributed by atoms with Gasteiger partial charge in [-0.2, -0.15) is 0 Å². The highest BCUT2D eigenvalue weighted by Gasteiger charge is 2.16. The summed E-state index contributed by atoms with van der Waals surface area (Å²) in [6.45, 7) is 1.99. The minimum absolute atomic E-state index is 0.913. The monoisotopic (exact) mass is 294 g/mol. The lowest BCUT2D eigenvalue weighted by atomic mass is 10.2. The molecule has 16 heavy (non-hydrogen) atoms. The zero-order chi connectivity index (χ0) is 11.0. The zero-order valence-corrected chi connectivity index (χ0v) is 11.1. The molecule has 0 atom stereocenters. The number of halogens is 1. The molecule has 1 aromatic carbocycles.